The molecule has 2 heterocycles. The molecule has 0 amide bonds. The maximum atomic E-state index is 5.88. The number of nitrogens with zero attached hydrogens (tertiary/aromatic N) is 4. The summed E-state index contributed by atoms with van der Waals surface area (Å²) in [5.41, 5.74) is 4.25. The SMILES string of the molecule is Cc1cccc(-c2nnc3n2N=C(c2ccc(Oc4ccccc4)cc2)CS3)c1. The number of fused-ring (bicyclic) bond motifs is 1. The van der Waals surface area contributed by atoms with Crippen molar-refractivity contribution in [1.82, 2.24) is 14.9 Å². The van der Waals surface area contributed by atoms with Gasteiger partial charge >= 0.3 is 0 Å². The van der Waals surface area contributed by atoms with Gasteiger partial charge in [-0.25, -0.2) is 0 Å². The highest BCUT2D eigenvalue weighted by molar-refractivity contribution is 7.99. The number of thioether (sulfide) groups is 1. The topological polar surface area (TPSA) is 52.3 Å². The molecule has 1 aliphatic heterocycles. The van der Waals surface area contributed by atoms with Gasteiger partial charge in [-0.05, 0) is 55.0 Å². The minimum Gasteiger partial charge on any atom is -0.457 e. The van der Waals surface area contributed by atoms with Crippen LogP contribution in [-0.4, -0.2) is 26.3 Å². The summed E-state index contributed by atoms with van der Waals surface area (Å²) in [5, 5.41) is 14.3. The van der Waals surface area contributed by atoms with Gasteiger partial charge in [-0.1, -0.05) is 53.7 Å². The van der Waals surface area contributed by atoms with Crippen molar-refractivity contribution in [3.05, 3.63) is 90.0 Å². The number of aromatic nitrogens is 3. The first kappa shape index (κ1) is 17.7. The normalized spacial score (nSPS) is 12.9. The lowest BCUT2D eigenvalue weighted by molar-refractivity contribution is 0.482. The average Bonchev–Trinajstić information content (AvgIpc) is 3.18. The Morgan fingerprint density at radius 1 is 0.828 bits per heavy atom. The van der Waals surface area contributed by atoms with Gasteiger partial charge in [-0.15, -0.1) is 10.2 Å². The van der Waals surface area contributed by atoms with Gasteiger partial charge in [-0.3, -0.25) is 0 Å². The molecule has 142 valence electrons. The molecular formula is C23H18N4OS. The van der Waals surface area contributed by atoms with Crippen LogP contribution in [0.4, 0.5) is 0 Å². The number of para-hydroxylation sites is 1. The Morgan fingerprint density at radius 3 is 2.41 bits per heavy atom. The molecule has 0 N–H and O–H groups in total. The van der Waals surface area contributed by atoms with Crippen LogP contribution in [0.3, 0.4) is 0 Å². The lowest BCUT2D eigenvalue weighted by Gasteiger charge is -2.14. The highest BCUT2D eigenvalue weighted by Gasteiger charge is 2.20. The number of rotatable bonds is 4. The minimum absolute atomic E-state index is 0.755. The summed E-state index contributed by atoms with van der Waals surface area (Å²) in [4.78, 5) is 0. The summed E-state index contributed by atoms with van der Waals surface area (Å²) >= 11 is 1.65. The Morgan fingerprint density at radius 2 is 1.62 bits per heavy atom. The van der Waals surface area contributed by atoms with E-state index in [9.17, 15) is 0 Å². The molecule has 0 spiro atoms. The van der Waals surface area contributed by atoms with Gasteiger partial charge in [0.25, 0.3) is 0 Å². The number of hydrogen-bond donors (Lipinski definition) is 0. The van der Waals surface area contributed by atoms with Crippen molar-refractivity contribution in [2.75, 3.05) is 5.75 Å². The van der Waals surface area contributed by atoms with Gasteiger partial charge in [0.05, 0.1) is 5.71 Å². The molecule has 3 aromatic carbocycles. The van der Waals surface area contributed by atoms with Crippen molar-refractivity contribution >= 4 is 17.5 Å². The van der Waals surface area contributed by atoms with Gasteiger partial charge in [0.15, 0.2) is 5.82 Å². The zero-order chi connectivity index (χ0) is 19.6. The van der Waals surface area contributed by atoms with E-state index in [0.717, 1.165) is 45.1 Å². The number of hydrogen-bond acceptors (Lipinski definition) is 5. The molecular weight excluding hydrogens is 380 g/mol. The van der Waals surface area contributed by atoms with E-state index in [0.29, 0.717) is 0 Å². The maximum absolute atomic E-state index is 5.88. The zero-order valence-corrected chi connectivity index (χ0v) is 16.6. The van der Waals surface area contributed by atoms with Gasteiger partial charge < -0.3 is 4.74 Å². The number of ether oxygens (including phenoxy) is 1. The Labute approximate surface area is 173 Å². The lowest BCUT2D eigenvalue weighted by atomic mass is 10.1. The first-order valence-electron chi connectivity index (χ1n) is 9.33. The standard InChI is InChI=1S/C23H18N4OS/c1-16-6-5-7-18(14-16)22-24-25-23-27(22)26-21(15-29-23)17-10-12-20(13-11-17)28-19-8-3-2-4-9-19/h2-14H,15H2,1H3. The van der Waals surface area contributed by atoms with Crippen molar-refractivity contribution in [2.45, 2.75) is 12.1 Å². The molecule has 1 aliphatic rings. The fourth-order valence-electron chi connectivity index (χ4n) is 3.17. The lowest BCUT2D eigenvalue weighted by Crippen LogP contribution is -2.13. The summed E-state index contributed by atoms with van der Waals surface area (Å²) in [6.45, 7) is 2.07. The third kappa shape index (κ3) is 3.67. The highest BCUT2D eigenvalue weighted by Crippen LogP contribution is 2.29. The average molecular weight is 398 g/mol. The molecule has 0 unspecified atom stereocenters. The van der Waals surface area contributed by atoms with Gasteiger partial charge in [0, 0.05) is 11.3 Å². The zero-order valence-electron chi connectivity index (χ0n) is 15.8. The van der Waals surface area contributed by atoms with Crippen molar-refractivity contribution in [3.8, 4) is 22.9 Å². The van der Waals surface area contributed by atoms with Crippen molar-refractivity contribution in [3.63, 3.8) is 0 Å². The Balaban J connectivity index is 1.43. The summed E-state index contributed by atoms with van der Waals surface area (Å²) in [5.74, 6) is 3.14. The molecule has 0 saturated heterocycles. The highest BCUT2D eigenvalue weighted by atomic mass is 32.2. The quantitative estimate of drug-likeness (QED) is 0.462. The van der Waals surface area contributed by atoms with Gasteiger partial charge in [-0.2, -0.15) is 9.78 Å². The minimum atomic E-state index is 0.755. The third-order valence-corrected chi connectivity index (χ3v) is 5.54. The first-order valence-corrected chi connectivity index (χ1v) is 10.3. The molecule has 0 fully saturated rings. The summed E-state index contributed by atoms with van der Waals surface area (Å²) < 4.78 is 7.72. The molecule has 29 heavy (non-hydrogen) atoms. The van der Waals surface area contributed by atoms with E-state index in [1.54, 1.807) is 11.8 Å². The van der Waals surface area contributed by atoms with E-state index in [1.165, 1.54) is 5.56 Å². The third-order valence-electron chi connectivity index (χ3n) is 4.61. The van der Waals surface area contributed by atoms with E-state index in [1.807, 2.05) is 71.4 Å². The fourth-order valence-corrected chi connectivity index (χ4v) is 4.01. The van der Waals surface area contributed by atoms with Gasteiger partial charge in [0.2, 0.25) is 5.16 Å². The van der Waals surface area contributed by atoms with Crippen LogP contribution in [0.1, 0.15) is 11.1 Å². The summed E-state index contributed by atoms with van der Waals surface area (Å²) in [6.07, 6.45) is 0. The second-order valence-corrected chi connectivity index (χ2v) is 7.70. The van der Waals surface area contributed by atoms with Crippen LogP contribution in [-0.2, 0) is 0 Å². The van der Waals surface area contributed by atoms with Crippen LogP contribution >= 0.6 is 11.8 Å². The molecule has 6 heteroatoms. The van der Waals surface area contributed by atoms with Crippen LogP contribution in [0.5, 0.6) is 11.5 Å². The predicted molar refractivity (Wildman–Crippen MR) is 116 cm³/mol. The molecule has 0 aliphatic carbocycles. The monoisotopic (exact) mass is 398 g/mol. The Bertz CT molecular complexity index is 1180. The molecule has 5 rings (SSSR count). The van der Waals surface area contributed by atoms with Crippen LogP contribution < -0.4 is 4.74 Å². The van der Waals surface area contributed by atoms with Gasteiger partial charge in [0.1, 0.15) is 11.5 Å². The summed E-state index contributed by atoms with van der Waals surface area (Å²) in [7, 11) is 0. The molecule has 0 radical (unpaired) electrons. The largest absolute Gasteiger partial charge is 0.457 e. The number of benzene rings is 3. The van der Waals surface area contributed by atoms with E-state index < -0.39 is 0 Å². The van der Waals surface area contributed by atoms with Crippen LogP contribution in [0, 0.1) is 6.92 Å². The van der Waals surface area contributed by atoms with E-state index >= 15 is 0 Å². The molecule has 0 bridgehead atoms. The predicted octanol–water partition coefficient (Wildman–Crippen LogP) is 5.40. The first-order chi connectivity index (χ1) is 14.3. The van der Waals surface area contributed by atoms with Crippen molar-refractivity contribution < 1.29 is 4.74 Å². The molecule has 4 aromatic rings. The van der Waals surface area contributed by atoms with E-state index in [2.05, 4.69) is 29.3 Å². The second kappa shape index (κ2) is 7.56. The molecule has 1 aromatic heterocycles. The van der Waals surface area contributed by atoms with Crippen LogP contribution in [0.15, 0.2) is 89.1 Å². The maximum Gasteiger partial charge on any atom is 0.212 e. The van der Waals surface area contributed by atoms with Crippen molar-refractivity contribution in [2.24, 2.45) is 5.10 Å². The van der Waals surface area contributed by atoms with E-state index in [-0.39, 0.29) is 0 Å². The summed E-state index contributed by atoms with van der Waals surface area (Å²) in [6, 6.07) is 26.0. The van der Waals surface area contributed by atoms with Crippen LogP contribution in [0.25, 0.3) is 11.4 Å². The second-order valence-electron chi connectivity index (χ2n) is 6.76. The molecule has 0 saturated carbocycles. The van der Waals surface area contributed by atoms with Crippen molar-refractivity contribution in [1.29, 1.82) is 0 Å². The fraction of sp³-hybridized carbons (Fsp3) is 0.0870. The number of aryl methyl sites for hydroxylation is 1. The Hall–Kier alpha value is -3.38. The Kier molecular flexibility index (Phi) is 4.62. The molecule has 5 nitrogen and oxygen atoms in total. The molecule has 0 atom stereocenters. The van der Waals surface area contributed by atoms with Crippen LogP contribution in [0.2, 0.25) is 0 Å². The van der Waals surface area contributed by atoms with E-state index in [4.69, 9.17) is 9.84 Å². The smallest absolute Gasteiger partial charge is 0.212 e.